The monoisotopic (exact) mass is 668 g/mol. The summed E-state index contributed by atoms with van der Waals surface area (Å²) in [6, 6.07) is 14.6. The highest BCUT2D eigenvalue weighted by atomic mass is 35.5. The van der Waals surface area contributed by atoms with Gasteiger partial charge >= 0.3 is 6.09 Å². The van der Waals surface area contributed by atoms with Crippen molar-refractivity contribution in [2.45, 2.75) is 115 Å². The lowest BCUT2D eigenvalue weighted by Gasteiger charge is -2.35. The molecule has 2 fully saturated rings. The summed E-state index contributed by atoms with van der Waals surface area (Å²) in [6.45, 7) is 11.6. The minimum atomic E-state index is -1.58. The van der Waals surface area contributed by atoms with Crippen LogP contribution in [0.1, 0.15) is 90.9 Å². The number of carbonyl (C=O) groups is 4. The molecule has 5 N–H and O–H groups in total. The number of ether oxygens (including phenoxy) is 1. The Hall–Kier alpha value is -3.63. The van der Waals surface area contributed by atoms with Crippen LogP contribution in [-0.2, 0) is 24.5 Å². The first kappa shape index (κ1) is 36.2. The maximum Gasteiger partial charge on any atom is 0.408 e. The minimum absolute atomic E-state index is 0.000984. The van der Waals surface area contributed by atoms with Gasteiger partial charge in [-0.25, -0.2) is 4.79 Å². The number of benzene rings is 2. The van der Waals surface area contributed by atoms with Crippen LogP contribution in [0.15, 0.2) is 54.6 Å². The van der Waals surface area contributed by atoms with Gasteiger partial charge in [-0.05, 0) is 75.1 Å². The molecule has 1 saturated heterocycles. The average molecular weight is 669 g/mol. The normalized spacial score (nSPS) is 20.0. The fourth-order valence-electron chi connectivity index (χ4n) is 6.23. The van der Waals surface area contributed by atoms with Gasteiger partial charge in [0, 0.05) is 27.9 Å². The van der Waals surface area contributed by atoms with Gasteiger partial charge in [-0.2, -0.15) is 0 Å². The van der Waals surface area contributed by atoms with Gasteiger partial charge in [-0.15, -0.1) is 0 Å². The number of hydrogen-bond donors (Lipinski definition) is 5. The summed E-state index contributed by atoms with van der Waals surface area (Å²) in [5.41, 5.74) is 0.472. The van der Waals surface area contributed by atoms with Gasteiger partial charge in [0.05, 0.1) is 6.04 Å². The van der Waals surface area contributed by atoms with Crippen molar-refractivity contribution < 1.29 is 29.0 Å². The Kier molecular flexibility index (Phi) is 11.6. The Balaban J connectivity index is 1.54. The van der Waals surface area contributed by atoms with E-state index in [1.807, 2.05) is 90.1 Å². The van der Waals surface area contributed by atoms with Gasteiger partial charge < -0.3 is 31.1 Å². The largest absolute Gasteiger partial charge is 0.440 e. The predicted molar refractivity (Wildman–Crippen MR) is 181 cm³/mol. The van der Waals surface area contributed by atoms with Crippen molar-refractivity contribution in [3.63, 3.8) is 0 Å². The highest BCUT2D eigenvalue weighted by molar-refractivity contribution is 6.30. The zero-order chi connectivity index (χ0) is 34.5. The smallest absolute Gasteiger partial charge is 0.408 e. The lowest BCUT2D eigenvalue weighted by molar-refractivity contribution is -0.134. The van der Waals surface area contributed by atoms with Crippen molar-refractivity contribution in [1.29, 1.82) is 0 Å². The first-order valence-electron chi connectivity index (χ1n) is 16.4. The summed E-state index contributed by atoms with van der Waals surface area (Å²) >= 11 is 6.32. The Morgan fingerprint density at radius 3 is 2.30 bits per heavy atom. The van der Waals surface area contributed by atoms with Crippen molar-refractivity contribution in [2.75, 3.05) is 0 Å². The third-order valence-corrected chi connectivity index (χ3v) is 9.13. The molecule has 1 aliphatic heterocycles. The first-order valence-corrected chi connectivity index (χ1v) is 16.8. The molecule has 2 aromatic carbocycles. The molecule has 2 aromatic rings. The Morgan fingerprint density at radius 1 is 1.04 bits per heavy atom. The van der Waals surface area contributed by atoms with Crippen LogP contribution >= 0.6 is 11.6 Å². The van der Waals surface area contributed by atoms with Crippen LogP contribution in [0.25, 0.3) is 0 Å². The van der Waals surface area contributed by atoms with Crippen molar-refractivity contribution in [2.24, 2.45) is 11.8 Å². The first-order chi connectivity index (χ1) is 22.1. The van der Waals surface area contributed by atoms with E-state index in [9.17, 15) is 24.3 Å². The number of rotatable bonds is 14. The predicted octanol–water partition coefficient (Wildman–Crippen LogP) is 4.93. The highest BCUT2D eigenvalue weighted by Crippen LogP contribution is 2.40. The molecular weight excluding hydrogens is 620 g/mol. The summed E-state index contributed by atoms with van der Waals surface area (Å²) in [7, 11) is 0. The van der Waals surface area contributed by atoms with Gasteiger partial charge in [0.2, 0.25) is 11.8 Å². The number of carbonyl (C=O) groups excluding carboxylic acids is 4. The van der Waals surface area contributed by atoms with Crippen LogP contribution in [0.4, 0.5) is 4.79 Å². The van der Waals surface area contributed by atoms with Crippen LogP contribution in [0.3, 0.4) is 0 Å². The molecule has 1 heterocycles. The summed E-state index contributed by atoms with van der Waals surface area (Å²) in [6.07, 6.45) is -0.650. The summed E-state index contributed by atoms with van der Waals surface area (Å²) in [5.74, 6) is -1.89. The molecule has 256 valence electrons. The molecule has 0 radical (unpaired) electrons. The van der Waals surface area contributed by atoms with Crippen LogP contribution in [0, 0.1) is 11.8 Å². The fraction of sp³-hybridized carbons (Fsp3) is 0.556. The number of aliphatic hydroxyl groups excluding tert-OH is 1. The number of nitrogens with one attached hydrogen (secondary N) is 4. The van der Waals surface area contributed by atoms with Gasteiger partial charge in [0.25, 0.3) is 5.91 Å². The number of alkyl carbamates (subject to hydrolysis) is 1. The molecule has 0 bridgehead atoms. The molecule has 1 saturated carbocycles. The van der Waals surface area contributed by atoms with Crippen molar-refractivity contribution >= 4 is 35.4 Å². The lowest BCUT2D eigenvalue weighted by Crippen LogP contribution is -2.56. The molecule has 47 heavy (non-hydrogen) atoms. The van der Waals surface area contributed by atoms with Crippen LogP contribution < -0.4 is 21.3 Å². The standard InChI is InChI=1S/C36H49ClN4O6/c1-21(2)17-28(32(44)39-27(29(42)33(45)38-26-15-16-26)18-23-20-35(3,4)41-31(23)43)40-34(46)47-30(22-11-8-7-9-12-22)36(5,6)24-13-10-14-25(37)19-24/h7-14,19,21,23,26-30,42H,15-18,20H2,1-6H3,(H,38,45)(H,39,44)(H,40,46)(H,41,43). The molecule has 5 atom stereocenters. The third kappa shape index (κ3) is 9.93. The van der Waals surface area contributed by atoms with E-state index >= 15 is 0 Å². The maximum absolute atomic E-state index is 13.8. The van der Waals surface area contributed by atoms with E-state index in [4.69, 9.17) is 16.3 Å². The second-order valence-corrected chi connectivity index (χ2v) is 15.0. The van der Waals surface area contributed by atoms with Gasteiger partial charge in [-0.3, -0.25) is 14.4 Å². The number of amides is 4. The van der Waals surface area contributed by atoms with E-state index in [1.54, 1.807) is 6.07 Å². The topological polar surface area (TPSA) is 146 Å². The quantitative estimate of drug-likeness (QED) is 0.193. The van der Waals surface area contributed by atoms with Crippen LogP contribution in [0.2, 0.25) is 5.02 Å². The molecule has 2 aliphatic rings. The second-order valence-electron chi connectivity index (χ2n) is 14.6. The van der Waals surface area contributed by atoms with Crippen molar-refractivity contribution in [3.05, 3.63) is 70.7 Å². The van der Waals surface area contributed by atoms with Crippen LogP contribution in [0.5, 0.6) is 0 Å². The minimum Gasteiger partial charge on any atom is -0.440 e. The SMILES string of the molecule is CC(C)CC(NC(=O)OC(c1ccccc1)C(C)(C)c1cccc(Cl)c1)C(=O)NC(CC1CC(C)(C)NC1=O)C(O)C(=O)NC1CC1. The summed E-state index contributed by atoms with van der Waals surface area (Å²) in [5, 5.41) is 22.9. The molecule has 4 amide bonds. The van der Waals surface area contributed by atoms with E-state index in [-0.39, 0.29) is 30.7 Å². The zero-order valence-corrected chi connectivity index (χ0v) is 28.9. The molecular formula is C36H49ClN4O6. The molecule has 10 nitrogen and oxygen atoms in total. The molecule has 4 rings (SSSR count). The molecule has 11 heteroatoms. The zero-order valence-electron chi connectivity index (χ0n) is 28.1. The maximum atomic E-state index is 13.8. The number of hydrogen-bond acceptors (Lipinski definition) is 6. The average Bonchev–Trinajstić information content (AvgIpc) is 3.77. The Morgan fingerprint density at radius 2 is 1.72 bits per heavy atom. The van der Waals surface area contributed by atoms with E-state index < -0.39 is 59.1 Å². The van der Waals surface area contributed by atoms with Crippen LogP contribution in [-0.4, -0.2) is 58.7 Å². The fourth-order valence-corrected chi connectivity index (χ4v) is 6.42. The summed E-state index contributed by atoms with van der Waals surface area (Å²) in [4.78, 5) is 53.1. The van der Waals surface area contributed by atoms with Crippen molar-refractivity contribution in [3.8, 4) is 0 Å². The Labute approximate surface area is 282 Å². The van der Waals surface area contributed by atoms with E-state index in [0.717, 1.165) is 24.0 Å². The number of aliphatic hydroxyl groups is 1. The molecule has 5 unspecified atom stereocenters. The highest BCUT2D eigenvalue weighted by Gasteiger charge is 2.42. The lowest BCUT2D eigenvalue weighted by atomic mass is 9.76. The second kappa shape index (κ2) is 15.1. The van der Waals surface area contributed by atoms with Crippen molar-refractivity contribution in [1.82, 2.24) is 21.3 Å². The third-order valence-electron chi connectivity index (χ3n) is 8.90. The molecule has 1 aliphatic carbocycles. The summed E-state index contributed by atoms with van der Waals surface area (Å²) < 4.78 is 6.10. The van der Waals surface area contributed by atoms with E-state index in [0.29, 0.717) is 11.4 Å². The van der Waals surface area contributed by atoms with E-state index in [2.05, 4.69) is 21.3 Å². The van der Waals surface area contributed by atoms with Gasteiger partial charge in [-0.1, -0.05) is 81.8 Å². The molecule has 0 spiro atoms. The number of halogens is 1. The molecule has 0 aromatic heterocycles. The Bertz CT molecular complexity index is 1430. The van der Waals surface area contributed by atoms with Gasteiger partial charge in [0.1, 0.15) is 12.1 Å². The van der Waals surface area contributed by atoms with E-state index in [1.165, 1.54) is 0 Å². The van der Waals surface area contributed by atoms with Gasteiger partial charge in [0.15, 0.2) is 6.10 Å².